The van der Waals surface area contributed by atoms with Crippen LogP contribution in [0.5, 0.6) is 0 Å². The van der Waals surface area contributed by atoms with Gasteiger partial charge in [0.1, 0.15) is 0 Å². The number of aromatic nitrogens is 1. The Bertz CT molecular complexity index is 1330. The number of benzene rings is 3. The fourth-order valence-electron chi connectivity index (χ4n) is 4.00. The molecule has 0 fully saturated rings. The zero-order chi connectivity index (χ0) is 20.0. The molecular formula is C26H23GeNO. The van der Waals surface area contributed by atoms with E-state index in [-0.39, 0.29) is 0 Å². The number of para-hydroxylation sites is 2. The zero-order valence-corrected chi connectivity index (χ0v) is 19.0. The van der Waals surface area contributed by atoms with Gasteiger partial charge in [-0.15, -0.1) is 0 Å². The molecule has 0 aliphatic carbocycles. The molecule has 0 saturated heterocycles. The predicted molar refractivity (Wildman–Crippen MR) is 125 cm³/mol. The van der Waals surface area contributed by atoms with Crippen LogP contribution in [0.25, 0.3) is 44.3 Å². The van der Waals surface area contributed by atoms with Gasteiger partial charge in [-0.2, -0.15) is 0 Å². The topological polar surface area (TPSA) is 26.0 Å². The molecule has 0 N–H and O–H groups in total. The van der Waals surface area contributed by atoms with Crippen molar-refractivity contribution in [3.63, 3.8) is 0 Å². The maximum atomic E-state index is 6.35. The van der Waals surface area contributed by atoms with Gasteiger partial charge in [0, 0.05) is 0 Å². The molecule has 0 amide bonds. The second-order valence-electron chi connectivity index (χ2n) is 8.51. The number of pyridine rings is 1. The Hall–Kier alpha value is -2.85. The van der Waals surface area contributed by atoms with Gasteiger partial charge in [0.05, 0.1) is 0 Å². The molecule has 0 spiro atoms. The van der Waals surface area contributed by atoms with Crippen molar-refractivity contribution in [2.75, 3.05) is 0 Å². The van der Waals surface area contributed by atoms with Crippen molar-refractivity contribution in [1.29, 1.82) is 0 Å². The molecule has 3 heteroatoms. The summed E-state index contributed by atoms with van der Waals surface area (Å²) in [6.45, 7) is 0. The Morgan fingerprint density at radius 1 is 0.724 bits per heavy atom. The summed E-state index contributed by atoms with van der Waals surface area (Å²) in [6.07, 6.45) is 2.11. The zero-order valence-electron chi connectivity index (χ0n) is 16.9. The van der Waals surface area contributed by atoms with E-state index in [1.54, 1.807) is 0 Å². The van der Waals surface area contributed by atoms with E-state index in [4.69, 9.17) is 9.40 Å². The van der Waals surface area contributed by atoms with Crippen molar-refractivity contribution in [3.05, 3.63) is 85.1 Å². The second-order valence-corrected chi connectivity index (χ2v) is 19.1. The molecule has 142 valence electrons. The van der Waals surface area contributed by atoms with Crippen molar-refractivity contribution >= 4 is 39.6 Å². The van der Waals surface area contributed by atoms with Gasteiger partial charge < -0.3 is 0 Å². The number of hydrogen-bond acceptors (Lipinski definition) is 2. The van der Waals surface area contributed by atoms with Crippen LogP contribution in [-0.2, 0) is 0 Å². The van der Waals surface area contributed by atoms with E-state index in [0.717, 1.165) is 28.0 Å². The second kappa shape index (κ2) is 6.89. The van der Waals surface area contributed by atoms with E-state index in [2.05, 4.69) is 84.1 Å². The minimum atomic E-state index is -2.17. The molecule has 0 aliphatic heterocycles. The van der Waals surface area contributed by atoms with Gasteiger partial charge in [0.15, 0.2) is 0 Å². The molecule has 5 rings (SSSR count). The molecule has 2 aromatic heterocycles. The van der Waals surface area contributed by atoms with Gasteiger partial charge in [0.25, 0.3) is 0 Å². The molecular weight excluding hydrogens is 415 g/mol. The van der Waals surface area contributed by atoms with Crippen molar-refractivity contribution in [1.82, 2.24) is 4.98 Å². The van der Waals surface area contributed by atoms with Gasteiger partial charge >= 0.3 is 174 Å². The van der Waals surface area contributed by atoms with E-state index in [9.17, 15) is 0 Å². The van der Waals surface area contributed by atoms with Crippen molar-refractivity contribution < 1.29 is 4.42 Å². The molecule has 3 aromatic carbocycles. The summed E-state index contributed by atoms with van der Waals surface area (Å²) in [5, 5.41) is 2.34. The first-order valence-corrected chi connectivity index (χ1v) is 17.3. The van der Waals surface area contributed by atoms with E-state index in [1.807, 2.05) is 18.2 Å². The average Bonchev–Trinajstić information content (AvgIpc) is 3.12. The van der Waals surface area contributed by atoms with Crippen LogP contribution in [0.4, 0.5) is 0 Å². The third-order valence-electron chi connectivity index (χ3n) is 5.48. The molecule has 2 heterocycles. The summed E-state index contributed by atoms with van der Waals surface area (Å²) in [7, 11) is 0. The molecule has 0 unspecified atom stereocenters. The average molecular weight is 438 g/mol. The van der Waals surface area contributed by atoms with Gasteiger partial charge in [-0.3, -0.25) is 0 Å². The van der Waals surface area contributed by atoms with Gasteiger partial charge in [-0.1, -0.05) is 0 Å². The summed E-state index contributed by atoms with van der Waals surface area (Å²) in [6, 6.07) is 27.4. The maximum absolute atomic E-state index is 6.35. The van der Waals surface area contributed by atoms with Crippen LogP contribution < -0.4 is 4.40 Å². The monoisotopic (exact) mass is 439 g/mol. The molecule has 0 atom stereocenters. The standard InChI is InChI=1S/C26H23GeNO/c1-27(2,3)23-17-28-24(18-10-5-4-6-11-18)16-22(23)21-14-9-13-20-19-12-7-8-15-25(19)29-26(20)21/h4-17H,1-3H3. The van der Waals surface area contributed by atoms with E-state index in [1.165, 1.54) is 20.7 Å². The predicted octanol–water partition coefficient (Wildman–Crippen LogP) is 6.86. The first-order chi connectivity index (χ1) is 14.0. The Labute approximate surface area is 173 Å². The van der Waals surface area contributed by atoms with Crippen LogP contribution in [-0.4, -0.2) is 18.3 Å². The number of rotatable bonds is 3. The summed E-state index contributed by atoms with van der Waals surface area (Å²) >= 11 is -2.17. The number of hydrogen-bond donors (Lipinski definition) is 0. The van der Waals surface area contributed by atoms with Crippen molar-refractivity contribution in [3.8, 4) is 22.4 Å². The minimum absolute atomic E-state index is 0.936. The van der Waals surface area contributed by atoms with Crippen LogP contribution in [0.15, 0.2) is 89.5 Å². The SMILES string of the molecule is [CH3][Ge]([CH3])([CH3])[c]1cnc(-c2ccccc2)cc1-c1cccc2c1oc1ccccc12. The Morgan fingerprint density at radius 3 is 2.24 bits per heavy atom. The van der Waals surface area contributed by atoms with Gasteiger partial charge in [0.2, 0.25) is 0 Å². The van der Waals surface area contributed by atoms with Crippen LogP contribution >= 0.6 is 0 Å². The van der Waals surface area contributed by atoms with Gasteiger partial charge in [-0.25, -0.2) is 0 Å². The Balaban J connectivity index is 1.82. The molecule has 0 saturated carbocycles. The van der Waals surface area contributed by atoms with E-state index < -0.39 is 13.3 Å². The van der Waals surface area contributed by atoms with Gasteiger partial charge in [-0.05, 0) is 0 Å². The summed E-state index contributed by atoms with van der Waals surface area (Å²) < 4.78 is 7.75. The normalized spacial score (nSPS) is 12.0. The van der Waals surface area contributed by atoms with E-state index >= 15 is 0 Å². The van der Waals surface area contributed by atoms with Crippen molar-refractivity contribution in [2.45, 2.75) is 17.3 Å². The van der Waals surface area contributed by atoms with Crippen LogP contribution in [0.1, 0.15) is 0 Å². The number of furan rings is 1. The van der Waals surface area contributed by atoms with Crippen LogP contribution in [0.3, 0.4) is 0 Å². The van der Waals surface area contributed by atoms with Crippen molar-refractivity contribution in [2.24, 2.45) is 0 Å². The number of nitrogens with zero attached hydrogens (tertiary/aromatic N) is 1. The Kier molecular flexibility index (Phi) is 4.32. The molecule has 0 radical (unpaired) electrons. The molecule has 5 aromatic rings. The fourth-order valence-corrected chi connectivity index (χ4v) is 7.08. The summed E-state index contributed by atoms with van der Waals surface area (Å²) in [5.41, 5.74) is 6.46. The fraction of sp³-hybridized carbons (Fsp3) is 0.115. The first-order valence-electron chi connectivity index (χ1n) is 9.99. The summed E-state index contributed by atoms with van der Waals surface area (Å²) in [5.74, 6) is 7.25. The molecule has 29 heavy (non-hydrogen) atoms. The van der Waals surface area contributed by atoms with E-state index in [0.29, 0.717) is 0 Å². The molecule has 2 nitrogen and oxygen atoms in total. The van der Waals surface area contributed by atoms with Crippen LogP contribution in [0, 0.1) is 0 Å². The number of fused-ring (bicyclic) bond motifs is 3. The summed E-state index contributed by atoms with van der Waals surface area (Å²) in [4.78, 5) is 4.84. The third kappa shape index (κ3) is 3.18. The quantitative estimate of drug-likeness (QED) is 0.288. The Morgan fingerprint density at radius 2 is 1.45 bits per heavy atom. The third-order valence-corrected chi connectivity index (χ3v) is 9.70. The molecule has 0 bridgehead atoms. The van der Waals surface area contributed by atoms with Crippen LogP contribution in [0.2, 0.25) is 17.3 Å². The first kappa shape index (κ1) is 18.2. The molecule has 0 aliphatic rings.